The zero-order chi connectivity index (χ0) is 22.5. The molecule has 0 bridgehead atoms. The molecule has 32 heavy (non-hydrogen) atoms. The van der Waals surface area contributed by atoms with Crippen molar-refractivity contribution < 1.29 is 18.0 Å². The summed E-state index contributed by atoms with van der Waals surface area (Å²) >= 11 is 0. The van der Waals surface area contributed by atoms with Crippen LogP contribution in [0.4, 0.5) is 8.78 Å². The first-order valence-corrected chi connectivity index (χ1v) is 10.3. The number of nitrogens with one attached hydrogen (secondary N) is 1. The highest BCUT2D eigenvalue weighted by molar-refractivity contribution is 5.77. The number of benzene rings is 3. The highest BCUT2D eigenvalue weighted by Crippen LogP contribution is 2.25. The summed E-state index contributed by atoms with van der Waals surface area (Å²) in [6, 6.07) is 20.8. The zero-order valence-corrected chi connectivity index (χ0v) is 17.5. The molecule has 4 rings (SSSR count). The summed E-state index contributed by atoms with van der Waals surface area (Å²) in [5, 5.41) is 3.08. The van der Waals surface area contributed by atoms with Crippen LogP contribution in [0, 0.1) is 18.6 Å². The van der Waals surface area contributed by atoms with E-state index < -0.39 is 11.6 Å². The Morgan fingerprint density at radius 3 is 2.44 bits per heavy atom. The smallest absolute Gasteiger partial charge is 0.221 e. The molecule has 0 saturated carbocycles. The highest BCUT2D eigenvalue weighted by Gasteiger charge is 2.18. The number of amides is 1. The van der Waals surface area contributed by atoms with Gasteiger partial charge in [0.25, 0.3) is 0 Å². The van der Waals surface area contributed by atoms with Crippen LogP contribution in [0.1, 0.15) is 35.0 Å². The maximum absolute atomic E-state index is 14.0. The first-order valence-electron chi connectivity index (χ1n) is 10.3. The minimum atomic E-state index is -0.728. The second-order valence-corrected chi connectivity index (χ2v) is 7.56. The van der Waals surface area contributed by atoms with Gasteiger partial charge in [0.15, 0.2) is 11.7 Å². The Kier molecular flexibility index (Phi) is 6.40. The molecule has 162 valence electrons. The number of rotatable bonds is 7. The SMILES string of the molecule is Cc1ccc(C(NC(=O)CCc2ncc(-c3ccc(F)cc3F)o2)c2ccccc2)cc1. The van der Waals surface area contributed by atoms with E-state index >= 15 is 0 Å². The van der Waals surface area contributed by atoms with Gasteiger partial charge < -0.3 is 9.73 Å². The van der Waals surface area contributed by atoms with Crippen LogP contribution in [0.3, 0.4) is 0 Å². The van der Waals surface area contributed by atoms with Crippen molar-refractivity contribution in [2.24, 2.45) is 0 Å². The molecule has 6 heteroatoms. The van der Waals surface area contributed by atoms with Crippen LogP contribution in [0.25, 0.3) is 11.3 Å². The molecule has 1 amide bonds. The summed E-state index contributed by atoms with van der Waals surface area (Å²) in [5.41, 5.74) is 3.23. The molecule has 0 aliphatic carbocycles. The molecule has 0 saturated heterocycles. The van der Waals surface area contributed by atoms with E-state index in [1.165, 1.54) is 12.3 Å². The number of aromatic nitrogens is 1. The Bertz CT molecular complexity index is 1200. The van der Waals surface area contributed by atoms with Crippen LogP contribution in [-0.2, 0) is 11.2 Å². The number of nitrogens with zero attached hydrogens (tertiary/aromatic N) is 1. The van der Waals surface area contributed by atoms with E-state index in [1.54, 1.807) is 0 Å². The van der Waals surface area contributed by atoms with Crippen LogP contribution in [-0.4, -0.2) is 10.9 Å². The summed E-state index contributed by atoms with van der Waals surface area (Å²) in [6.45, 7) is 2.02. The third-order valence-corrected chi connectivity index (χ3v) is 5.16. The Labute approximate surface area is 184 Å². The van der Waals surface area contributed by atoms with Crippen molar-refractivity contribution >= 4 is 5.91 Å². The van der Waals surface area contributed by atoms with Crippen molar-refractivity contribution in [2.75, 3.05) is 0 Å². The summed E-state index contributed by atoms with van der Waals surface area (Å²) in [6.07, 6.45) is 1.79. The number of halogens is 2. The molecular weight excluding hydrogens is 410 g/mol. The number of hydrogen-bond acceptors (Lipinski definition) is 3. The Balaban J connectivity index is 1.44. The molecule has 1 aromatic heterocycles. The third kappa shape index (κ3) is 5.09. The maximum Gasteiger partial charge on any atom is 0.221 e. The molecule has 0 aliphatic rings. The van der Waals surface area contributed by atoms with Crippen molar-refractivity contribution in [1.29, 1.82) is 0 Å². The first kappa shape index (κ1) is 21.4. The Morgan fingerprint density at radius 2 is 1.72 bits per heavy atom. The van der Waals surface area contributed by atoms with E-state index in [-0.39, 0.29) is 36.1 Å². The van der Waals surface area contributed by atoms with Crippen molar-refractivity contribution in [3.63, 3.8) is 0 Å². The van der Waals surface area contributed by atoms with E-state index in [1.807, 2.05) is 61.5 Å². The second-order valence-electron chi connectivity index (χ2n) is 7.56. The van der Waals surface area contributed by atoms with Gasteiger partial charge in [-0.05, 0) is 30.2 Å². The lowest BCUT2D eigenvalue weighted by Crippen LogP contribution is -2.29. The molecule has 1 heterocycles. The predicted octanol–water partition coefficient (Wildman–Crippen LogP) is 5.77. The Morgan fingerprint density at radius 1 is 1.00 bits per heavy atom. The van der Waals surface area contributed by atoms with Crippen LogP contribution in [0.5, 0.6) is 0 Å². The van der Waals surface area contributed by atoms with Crippen LogP contribution >= 0.6 is 0 Å². The van der Waals surface area contributed by atoms with Gasteiger partial charge in [0, 0.05) is 18.9 Å². The van der Waals surface area contributed by atoms with Gasteiger partial charge in [-0.3, -0.25) is 4.79 Å². The van der Waals surface area contributed by atoms with Gasteiger partial charge in [-0.15, -0.1) is 0 Å². The van der Waals surface area contributed by atoms with Crippen LogP contribution < -0.4 is 5.32 Å². The predicted molar refractivity (Wildman–Crippen MR) is 118 cm³/mol. The average Bonchev–Trinajstić information content (AvgIpc) is 3.26. The molecule has 3 aromatic carbocycles. The normalized spacial score (nSPS) is 11.8. The lowest BCUT2D eigenvalue weighted by atomic mass is 9.97. The van der Waals surface area contributed by atoms with E-state index in [9.17, 15) is 13.6 Å². The lowest BCUT2D eigenvalue weighted by Gasteiger charge is -2.20. The maximum atomic E-state index is 14.0. The van der Waals surface area contributed by atoms with E-state index in [0.717, 1.165) is 28.8 Å². The van der Waals surface area contributed by atoms with Gasteiger partial charge in [0.05, 0.1) is 17.8 Å². The van der Waals surface area contributed by atoms with Gasteiger partial charge in [-0.1, -0.05) is 60.2 Å². The summed E-state index contributed by atoms with van der Waals surface area (Å²) in [4.78, 5) is 16.9. The van der Waals surface area contributed by atoms with Gasteiger partial charge >= 0.3 is 0 Å². The fraction of sp³-hybridized carbons (Fsp3) is 0.154. The summed E-state index contributed by atoms with van der Waals surface area (Å²) in [5.74, 6) is -1.05. The molecule has 4 nitrogen and oxygen atoms in total. The minimum Gasteiger partial charge on any atom is -0.441 e. The average molecular weight is 432 g/mol. The molecular formula is C26H22F2N2O2. The van der Waals surface area contributed by atoms with Gasteiger partial charge in [-0.2, -0.15) is 0 Å². The minimum absolute atomic E-state index is 0.123. The van der Waals surface area contributed by atoms with Crippen molar-refractivity contribution in [3.8, 4) is 11.3 Å². The topological polar surface area (TPSA) is 55.1 Å². The number of hydrogen-bond donors (Lipinski definition) is 1. The molecule has 4 aromatic rings. The largest absolute Gasteiger partial charge is 0.441 e. The van der Waals surface area contributed by atoms with E-state index in [0.29, 0.717) is 5.89 Å². The molecule has 0 radical (unpaired) electrons. The summed E-state index contributed by atoms with van der Waals surface area (Å²) in [7, 11) is 0. The monoisotopic (exact) mass is 432 g/mol. The van der Waals surface area contributed by atoms with Crippen molar-refractivity contribution in [3.05, 3.63) is 113 Å². The number of carbonyl (C=O) groups is 1. The molecule has 0 fully saturated rings. The quantitative estimate of drug-likeness (QED) is 0.404. The zero-order valence-electron chi connectivity index (χ0n) is 17.5. The highest BCUT2D eigenvalue weighted by atomic mass is 19.1. The lowest BCUT2D eigenvalue weighted by molar-refractivity contribution is -0.121. The number of aryl methyl sites for hydroxylation is 2. The number of carbonyl (C=O) groups excluding carboxylic acids is 1. The fourth-order valence-electron chi connectivity index (χ4n) is 3.46. The standard InChI is InChI=1S/C26H22F2N2O2/c1-17-7-9-19(10-8-17)26(18-5-3-2-4-6-18)30-24(31)13-14-25-29-16-23(32-25)21-12-11-20(27)15-22(21)28/h2-12,15-16,26H,13-14H2,1H3,(H,30,31). The Hall–Kier alpha value is -3.80. The van der Waals surface area contributed by atoms with E-state index in [4.69, 9.17) is 4.42 Å². The molecule has 0 spiro atoms. The van der Waals surface area contributed by atoms with Gasteiger partial charge in [0.2, 0.25) is 5.91 Å². The molecule has 1 atom stereocenters. The summed E-state index contributed by atoms with van der Waals surface area (Å²) < 4.78 is 32.6. The first-order chi connectivity index (χ1) is 15.5. The van der Waals surface area contributed by atoms with Gasteiger partial charge in [-0.25, -0.2) is 13.8 Å². The molecule has 1 unspecified atom stereocenters. The second kappa shape index (κ2) is 9.56. The van der Waals surface area contributed by atoms with Crippen LogP contribution in [0.15, 0.2) is 83.4 Å². The van der Waals surface area contributed by atoms with Crippen LogP contribution in [0.2, 0.25) is 0 Å². The fourth-order valence-corrected chi connectivity index (χ4v) is 3.46. The van der Waals surface area contributed by atoms with Crippen molar-refractivity contribution in [1.82, 2.24) is 10.3 Å². The van der Waals surface area contributed by atoms with E-state index in [2.05, 4.69) is 10.3 Å². The third-order valence-electron chi connectivity index (χ3n) is 5.16. The molecule has 0 aliphatic heterocycles. The van der Waals surface area contributed by atoms with Crippen molar-refractivity contribution in [2.45, 2.75) is 25.8 Å². The van der Waals surface area contributed by atoms with Gasteiger partial charge in [0.1, 0.15) is 11.6 Å². The number of oxazole rings is 1. The molecule has 1 N–H and O–H groups in total.